The Balaban J connectivity index is 1.27. The van der Waals surface area contributed by atoms with Gasteiger partial charge in [0.2, 0.25) is 0 Å². The quantitative estimate of drug-likeness (QED) is 0.857. The summed E-state index contributed by atoms with van der Waals surface area (Å²) >= 11 is 0. The molecule has 1 fully saturated rings. The molecule has 0 bridgehead atoms. The van der Waals surface area contributed by atoms with E-state index in [1.807, 2.05) is 10.6 Å². The SMILES string of the molecule is CCc1cc2nc3c(cn2n1)CN(C1CO[C@H](C2CC(F)=CC=C2F)C(N)C1)C3. The summed E-state index contributed by atoms with van der Waals surface area (Å²) in [6.45, 7) is 4.04. The van der Waals surface area contributed by atoms with Crippen LogP contribution in [0, 0.1) is 5.92 Å². The molecule has 0 aromatic carbocycles. The Hall–Kier alpha value is -2.16. The van der Waals surface area contributed by atoms with Crippen molar-refractivity contribution in [2.75, 3.05) is 6.61 Å². The first kappa shape index (κ1) is 18.8. The van der Waals surface area contributed by atoms with E-state index >= 15 is 0 Å². The van der Waals surface area contributed by atoms with E-state index in [-0.39, 0.29) is 30.2 Å². The molecule has 3 aliphatic rings. The normalized spacial score (nSPS) is 30.3. The largest absolute Gasteiger partial charge is 0.374 e. The molecule has 8 heteroatoms. The zero-order chi connectivity index (χ0) is 20.1. The van der Waals surface area contributed by atoms with Crippen LogP contribution in [-0.2, 0) is 24.2 Å². The minimum atomic E-state index is -0.631. The van der Waals surface area contributed by atoms with Gasteiger partial charge in [-0.15, -0.1) is 0 Å². The molecule has 4 heterocycles. The third kappa shape index (κ3) is 3.39. The van der Waals surface area contributed by atoms with Gasteiger partial charge in [-0.05, 0) is 25.0 Å². The Kier molecular flexibility index (Phi) is 4.72. The highest BCUT2D eigenvalue weighted by Crippen LogP contribution is 2.36. The molecule has 4 atom stereocenters. The molecule has 2 aliphatic heterocycles. The van der Waals surface area contributed by atoms with Crippen molar-refractivity contribution in [1.82, 2.24) is 19.5 Å². The van der Waals surface area contributed by atoms with Crippen molar-refractivity contribution in [1.29, 1.82) is 0 Å². The molecule has 2 N–H and O–H groups in total. The van der Waals surface area contributed by atoms with Gasteiger partial charge in [0, 0.05) is 55.3 Å². The van der Waals surface area contributed by atoms with Crippen molar-refractivity contribution in [2.24, 2.45) is 11.7 Å². The summed E-state index contributed by atoms with van der Waals surface area (Å²) in [6.07, 6.45) is 5.51. The first-order valence-electron chi connectivity index (χ1n) is 10.2. The van der Waals surface area contributed by atoms with Crippen LogP contribution in [0.5, 0.6) is 0 Å². The van der Waals surface area contributed by atoms with E-state index in [0.29, 0.717) is 13.0 Å². The lowest BCUT2D eigenvalue weighted by atomic mass is 9.85. The maximum atomic E-state index is 14.2. The summed E-state index contributed by atoms with van der Waals surface area (Å²) in [4.78, 5) is 7.08. The molecule has 0 radical (unpaired) electrons. The minimum Gasteiger partial charge on any atom is -0.374 e. The van der Waals surface area contributed by atoms with E-state index in [2.05, 4.69) is 23.1 Å². The zero-order valence-corrected chi connectivity index (χ0v) is 16.4. The first-order valence-corrected chi connectivity index (χ1v) is 10.2. The van der Waals surface area contributed by atoms with Crippen LogP contribution < -0.4 is 5.73 Å². The fourth-order valence-corrected chi connectivity index (χ4v) is 4.68. The van der Waals surface area contributed by atoms with E-state index in [1.165, 1.54) is 12.2 Å². The number of allylic oxidation sites excluding steroid dienone is 3. The molecule has 0 saturated carbocycles. The molecule has 154 valence electrons. The standard InChI is InChI=1S/C21H25F2N5O/c1-2-14-6-20-25-19-10-27(8-12(19)9-28(20)26-14)15-7-18(24)21(29-11-15)16-5-13(22)3-4-17(16)23/h3-4,6,9,15-16,18,21H,2,5,7-8,10-11,24H2,1H3/t15?,16?,18?,21-/m1/s1. The highest BCUT2D eigenvalue weighted by Gasteiger charge is 2.40. The number of halogens is 2. The lowest BCUT2D eigenvalue weighted by Gasteiger charge is -2.41. The number of fused-ring (bicyclic) bond motifs is 2. The average Bonchev–Trinajstić information content (AvgIpc) is 3.30. The van der Waals surface area contributed by atoms with Crippen molar-refractivity contribution in [3.8, 4) is 0 Å². The second kappa shape index (κ2) is 7.27. The zero-order valence-electron chi connectivity index (χ0n) is 16.4. The third-order valence-electron chi connectivity index (χ3n) is 6.31. The minimum absolute atomic E-state index is 0.0178. The third-order valence-corrected chi connectivity index (χ3v) is 6.31. The molecule has 6 nitrogen and oxygen atoms in total. The Bertz CT molecular complexity index is 957. The second-order valence-electron chi connectivity index (χ2n) is 8.24. The van der Waals surface area contributed by atoms with Gasteiger partial charge in [-0.1, -0.05) is 6.92 Å². The summed E-state index contributed by atoms with van der Waals surface area (Å²) in [5, 5.41) is 4.55. The number of hydrogen-bond donors (Lipinski definition) is 1. The van der Waals surface area contributed by atoms with Crippen LogP contribution in [0.25, 0.3) is 5.65 Å². The van der Waals surface area contributed by atoms with Crippen molar-refractivity contribution in [3.63, 3.8) is 0 Å². The van der Waals surface area contributed by atoms with Crippen molar-refractivity contribution in [2.45, 2.75) is 57.5 Å². The lowest BCUT2D eigenvalue weighted by molar-refractivity contribution is -0.0728. The van der Waals surface area contributed by atoms with Crippen LogP contribution in [-0.4, -0.2) is 44.3 Å². The summed E-state index contributed by atoms with van der Waals surface area (Å²) in [6, 6.07) is 1.81. The topological polar surface area (TPSA) is 68.7 Å². The van der Waals surface area contributed by atoms with E-state index in [9.17, 15) is 8.78 Å². The summed E-state index contributed by atoms with van der Waals surface area (Å²) in [5.74, 6) is -1.31. The Morgan fingerprint density at radius 2 is 2.14 bits per heavy atom. The number of hydrogen-bond acceptors (Lipinski definition) is 5. The maximum Gasteiger partial charge on any atom is 0.155 e. The van der Waals surface area contributed by atoms with Gasteiger partial charge in [-0.25, -0.2) is 18.3 Å². The number of aromatic nitrogens is 3. The fraction of sp³-hybridized carbons (Fsp3) is 0.524. The fourth-order valence-electron chi connectivity index (χ4n) is 4.68. The summed E-state index contributed by atoms with van der Waals surface area (Å²) in [5.41, 5.74) is 10.5. The average molecular weight is 401 g/mol. The van der Waals surface area contributed by atoms with Crippen LogP contribution in [0.15, 0.2) is 36.1 Å². The number of nitrogens with zero attached hydrogens (tertiary/aromatic N) is 4. The predicted octanol–water partition coefficient (Wildman–Crippen LogP) is 2.82. The van der Waals surface area contributed by atoms with Crippen molar-refractivity contribution >= 4 is 5.65 Å². The molecule has 2 aromatic rings. The van der Waals surface area contributed by atoms with E-state index < -0.39 is 12.0 Å². The number of nitrogens with two attached hydrogens (primary N) is 1. The molecular weight excluding hydrogens is 376 g/mol. The Labute approximate surface area is 168 Å². The smallest absolute Gasteiger partial charge is 0.155 e. The number of rotatable bonds is 3. The van der Waals surface area contributed by atoms with Crippen LogP contribution in [0.3, 0.4) is 0 Å². The van der Waals surface area contributed by atoms with Gasteiger partial charge in [0.15, 0.2) is 5.65 Å². The Morgan fingerprint density at radius 3 is 2.93 bits per heavy atom. The van der Waals surface area contributed by atoms with Gasteiger partial charge < -0.3 is 10.5 Å². The molecule has 0 spiro atoms. The van der Waals surface area contributed by atoms with E-state index in [4.69, 9.17) is 15.5 Å². The highest BCUT2D eigenvalue weighted by atomic mass is 19.1. The van der Waals surface area contributed by atoms with Crippen molar-refractivity contribution < 1.29 is 13.5 Å². The monoisotopic (exact) mass is 401 g/mol. The van der Waals surface area contributed by atoms with Gasteiger partial charge in [0.25, 0.3) is 0 Å². The van der Waals surface area contributed by atoms with Gasteiger partial charge >= 0.3 is 0 Å². The van der Waals surface area contributed by atoms with Gasteiger partial charge in [0.05, 0.1) is 24.1 Å². The molecule has 29 heavy (non-hydrogen) atoms. The van der Waals surface area contributed by atoms with Crippen LogP contribution in [0.1, 0.15) is 36.7 Å². The summed E-state index contributed by atoms with van der Waals surface area (Å²) in [7, 11) is 0. The molecule has 0 amide bonds. The molecule has 1 aliphatic carbocycles. The summed E-state index contributed by atoms with van der Waals surface area (Å²) < 4.78 is 35.7. The molecule has 2 aromatic heterocycles. The van der Waals surface area contributed by atoms with E-state index in [1.54, 1.807) is 0 Å². The molecular formula is C21H25F2N5O. The highest BCUT2D eigenvalue weighted by molar-refractivity contribution is 5.42. The predicted molar refractivity (Wildman–Crippen MR) is 104 cm³/mol. The first-order chi connectivity index (χ1) is 14.0. The van der Waals surface area contributed by atoms with Gasteiger partial charge in [0.1, 0.15) is 11.7 Å². The molecule has 5 rings (SSSR count). The van der Waals surface area contributed by atoms with Crippen LogP contribution in [0.4, 0.5) is 8.78 Å². The Morgan fingerprint density at radius 1 is 1.28 bits per heavy atom. The second-order valence-corrected chi connectivity index (χ2v) is 8.24. The van der Waals surface area contributed by atoms with Gasteiger partial charge in [-0.3, -0.25) is 4.90 Å². The maximum absolute atomic E-state index is 14.2. The number of ether oxygens (including phenoxy) is 1. The van der Waals surface area contributed by atoms with Gasteiger partial charge in [-0.2, -0.15) is 5.10 Å². The van der Waals surface area contributed by atoms with Crippen molar-refractivity contribution in [3.05, 3.63) is 53.0 Å². The lowest BCUT2D eigenvalue weighted by Crippen LogP contribution is -2.53. The molecule has 1 saturated heterocycles. The molecule has 3 unspecified atom stereocenters. The van der Waals surface area contributed by atoms with Crippen LogP contribution >= 0.6 is 0 Å². The van der Waals surface area contributed by atoms with E-state index in [0.717, 1.165) is 42.1 Å². The van der Waals surface area contributed by atoms with Crippen LogP contribution in [0.2, 0.25) is 0 Å². The number of aryl methyl sites for hydroxylation is 1.